The van der Waals surface area contributed by atoms with Gasteiger partial charge in [-0.25, -0.2) is 4.39 Å². The first-order chi connectivity index (χ1) is 6.16. The third-order valence-electron chi connectivity index (χ3n) is 2.52. The van der Waals surface area contributed by atoms with E-state index in [4.69, 9.17) is 5.73 Å². The van der Waals surface area contributed by atoms with Crippen molar-refractivity contribution >= 4 is 5.69 Å². The van der Waals surface area contributed by atoms with Gasteiger partial charge in [0.15, 0.2) is 0 Å². The molecule has 0 amide bonds. The van der Waals surface area contributed by atoms with Crippen LogP contribution < -0.4 is 5.73 Å². The normalized spacial score (nSPS) is 17.1. The summed E-state index contributed by atoms with van der Waals surface area (Å²) in [5.41, 5.74) is 8.02. The molecule has 0 fully saturated rings. The standard InChI is InChI=1S/C10H13FN2/c1-13-3-2-7-5-10(12)9(11)4-8(7)6-13/h4-5H,2-3,6,12H2,1H3. The number of hydrogen-bond acceptors (Lipinski definition) is 2. The second-order valence-electron chi connectivity index (χ2n) is 3.63. The van der Waals surface area contributed by atoms with E-state index in [1.165, 1.54) is 5.56 Å². The highest BCUT2D eigenvalue weighted by molar-refractivity contribution is 5.47. The molecule has 0 aromatic heterocycles. The van der Waals surface area contributed by atoms with Crippen LogP contribution in [0, 0.1) is 5.82 Å². The van der Waals surface area contributed by atoms with Crippen LogP contribution in [0.1, 0.15) is 11.1 Å². The number of nitrogens with two attached hydrogens (primary N) is 1. The van der Waals surface area contributed by atoms with Crippen LogP contribution in [0.3, 0.4) is 0 Å². The molecule has 0 unspecified atom stereocenters. The topological polar surface area (TPSA) is 29.3 Å². The Morgan fingerprint density at radius 2 is 2.15 bits per heavy atom. The van der Waals surface area contributed by atoms with E-state index in [-0.39, 0.29) is 11.5 Å². The monoisotopic (exact) mass is 180 g/mol. The fourth-order valence-electron chi connectivity index (χ4n) is 1.74. The molecule has 0 saturated carbocycles. The van der Waals surface area contributed by atoms with Crippen molar-refractivity contribution in [2.75, 3.05) is 19.3 Å². The Morgan fingerprint density at radius 3 is 2.92 bits per heavy atom. The predicted octanol–water partition coefficient (Wildman–Crippen LogP) is 1.40. The largest absolute Gasteiger partial charge is 0.396 e. The van der Waals surface area contributed by atoms with Crippen LogP contribution >= 0.6 is 0 Å². The summed E-state index contributed by atoms with van der Waals surface area (Å²) >= 11 is 0. The number of hydrogen-bond donors (Lipinski definition) is 1. The van der Waals surface area contributed by atoms with Crippen LogP contribution in [-0.2, 0) is 13.0 Å². The molecule has 2 N–H and O–H groups in total. The van der Waals surface area contributed by atoms with E-state index in [1.54, 1.807) is 12.1 Å². The number of halogens is 1. The Morgan fingerprint density at radius 1 is 1.38 bits per heavy atom. The van der Waals surface area contributed by atoms with Crippen molar-refractivity contribution in [2.24, 2.45) is 0 Å². The SMILES string of the molecule is CN1CCc2cc(N)c(F)cc2C1. The molecular formula is C10H13FN2. The number of anilines is 1. The van der Waals surface area contributed by atoms with Gasteiger partial charge in [0.1, 0.15) is 5.82 Å². The summed E-state index contributed by atoms with van der Waals surface area (Å²) in [5, 5.41) is 0. The number of nitrogens with zero attached hydrogens (tertiary/aromatic N) is 1. The van der Waals surface area contributed by atoms with Crippen molar-refractivity contribution in [3.8, 4) is 0 Å². The van der Waals surface area contributed by atoms with Crippen molar-refractivity contribution in [1.29, 1.82) is 0 Å². The van der Waals surface area contributed by atoms with E-state index in [0.29, 0.717) is 0 Å². The van der Waals surface area contributed by atoms with Gasteiger partial charge in [-0.05, 0) is 36.7 Å². The van der Waals surface area contributed by atoms with Gasteiger partial charge in [-0.1, -0.05) is 0 Å². The maximum atomic E-state index is 13.1. The predicted molar refractivity (Wildman–Crippen MR) is 50.9 cm³/mol. The van der Waals surface area contributed by atoms with Gasteiger partial charge in [-0.2, -0.15) is 0 Å². The zero-order chi connectivity index (χ0) is 9.42. The van der Waals surface area contributed by atoms with Gasteiger partial charge in [0.25, 0.3) is 0 Å². The van der Waals surface area contributed by atoms with Crippen molar-refractivity contribution in [1.82, 2.24) is 4.90 Å². The van der Waals surface area contributed by atoms with E-state index >= 15 is 0 Å². The minimum Gasteiger partial charge on any atom is -0.396 e. The lowest BCUT2D eigenvalue weighted by molar-refractivity contribution is 0.312. The molecule has 1 aliphatic rings. The van der Waals surface area contributed by atoms with Gasteiger partial charge in [0.2, 0.25) is 0 Å². The van der Waals surface area contributed by atoms with E-state index < -0.39 is 0 Å². The van der Waals surface area contributed by atoms with Crippen LogP contribution in [-0.4, -0.2) is 18.5 Å². The van der Waals surface area contributed by atoms with Gasteiger partial charge in [0, 0.05) is 13.1 Å². The number of fused-ring (bicyclic) bond motifs is 1. The molecule has 2 nitrogen and oxygen atoms in total. The van der Waals surface area contributed by atoms with Crippen LogP contribution in [0.2, 0.25) is 0 Å². The average molecular weight is 180 g/mol. The Bertz CT molecular complexity index is 336. The molecule has 0 spiro atoms. The lowest BCUT2D eigenvalue weighted by atomic mass is 9.99. The van der Waals surface area contributed by atoms with E-state index in [0.717, 1.165) is 25.1 Å². The van der Waals surface area contributed by atoms with Crippen molar-refractivity contribution in [2.45, 2.75) is 13.0 Å². The molecule has 0 atom stereocenters. The summed E-state index contributed by atoms with van der Waals surface area (Å²) in [4.78, 5) is 2.18. The molecule has 13 heavy (non-hydrogen) atoms. The zero-order valence-electron chi connectivity index (χ0n) is 7.68. The van der Waals surface area contributed by atoms with Crippen molar-refractivity contribution < 1.29 is 4.39 Å². The summed E-state index contributed by atoms with van der Waals surface area (Å²) in [5.74, 6) is -0.297. The Balaban J connectivity index is 2.43. The van der Waals surface area contributed by atoms with E-state index in [9.17, 15) is 4.39 Å². The molecule has 0 bridgehead atoms. The fourth-order valence-corrected chi connectivity index (χ4v) is 1.74. The Kier molecular flexibility index (Phi) is 1.96. The van der Waals surface area contributed by atoms with E-state index in [2.05, 4.69) is 4.90 Å². The Hall–Kier alpha value is -1.09. The van der Waals surface area contributed by atoms with Gasteiger partial charge >= 0.3 is 0 Å². The van der Waals surface area contributed by atoms with Crippen molar-refractivity contribution in [3.63, 3.8) is 0 Å². The average Bonchev–Trinajstić information content (AvgIpc) is 2.08. The third-order valence-corrected chi connectivity index (χ3v) is 2.52. The summed E-state index contributed by atoms with van der Waals surface area (Å²) in [6.07, 6.45) is 0.969. The molecule has 1 aromatic carbocycles. The number of rotatable bonds is 0. The van der Waals surface area contributed by atoms with Crippen LogP contribution in [0.5, 0.6) is 0 Å². The molecular weight excluding hydrogens is 167 g/mol. The third kappa shape index (κ3) is 1.52. The minimum atomic E-state index is -0.297. The molecule has 2 rings (SSSR count). The summed E-state index contributed by atoms with van der Waals surface area (Å²) in [7, 11) is 2.04. The maximum absolute atomic E-state index is 13.1. The second-order valence-corrected chi connectivity index (χ2v) is 3.63. The smallest absolute Gasteiger partial charge is 0.146 e. The molecule has 1 aliphatic heterocycles. The van der Waals surface area contributed by atoms with Gasteiger partial charge < -0.3 is 10.6 Å². The molecule has 1 aromatic rings. The second kappa shape index (κ2) is 3.00. The first kappa shape index (κ1) is 8.51. The van der Waals surface area contributed by atoms with Gasteiger partial charge in [-0.15, -0.1) is 0 Å². The van der Waals surface area contributed by atoms with Gasteiger partial charge in [0.05, 0.1) is 5.69 Å². The quantitative estimate of drug-likeness (QED) is 0.611. The molecule has 0 saturated heterocycles. The van der Waals surface area contributed by atoms with Crippen LogP contribution in [0.15, 0.2) is 12.1 Å². The maximum Gasteiger partial charge on any atom is 0.146 e. The van der Waals surface area contributed by atoms with E-state index in [1.807, 2.05) is 7.05 Å². The minimum absolute atomic E-state index is 0.267. The number of nitrogen functional groups attached to an aromatic ring is 1. The van der Waals surface area contributed by atoms with Crippen molar-refractivity contribution in [3.05, 3.63) is 29.1 Å². The Labute approximate surface area is 77.2 Å². The number of likely N-dealkylation sites (N-methyl/N-ethyl adjacent to an activating group) is 1. The summed E-state index contributed by atoms with van der Waals surface area (Å²) in [6.45, 7) is 1.85. The lowest BCUT2D eigenvalue weighted by Crippen LogP contribution is -2.26. The molecule has 0 aliphatic carbocycles. The molecule has 70 valence electrons. The molecule has 3 heteroatoms. The molecule has 1 heterocycles. The lowest BCUT2D eigenvalue weighted by Gasteiger charge is -2.25. The highest BCUT2D eigenvalue weighted by Gasteiger charge is 2.14. The summed E-state index contributed by atoms with van der Waals surface area (Å²) < 4.78 is 13.1. The first-order valence-electron chi connectivity index (χ1n) is 4.42. The molecule has 0 radical (unpaired) electrons. The first-order valence-corrected chi connectivity index (χ1v) is 4.42. The zero-order valence-corrected chi connectivity index (χ0v) is 7.68. The van der Waals surface area contributed by atoms with Gasteiger partial charge in [-0.3, -0.25) is 0 Å². The fraction of sp³-hybridized carbons (Fsp3) is 0.400. The summed E-state index contributed by atoms with van der Waals surface area (Å²) in [6, 6.07) is 3.32. The highest BCUT2D eigenvalue weighted by atomic mass is 19.1. The highest BCUT2D eigenvalue weighted by Crippen LogP contribution is 2.22. The van der Waals surface area contributed by atoms with Crippen LogP contribution in [0.25, 0.3) is 0 Å². The number of benzene rings is 1. The van der Waals surface area contributed by atoms with Crippen LogP contribution in [0.4, 0.5) is 10.1 Å².